The van der Waals surface area contributed by atoms with Gasteiger partial charge in [-0.1, -0.05) is 0 Å². The van der Waals surface area contributed by atoms with E-state index in [1.54, 1.807) is 28.9 Å². The van der Waals surface area contributed by atoms with Crippen molar-refractivity contribution in [1.82, 2.24) is 20.0 Å². The van der Waals surface area contributed by atoms with Crippen molar-refractivity contribution in [3.05, 3.63) is 47.5 Å². The van der Waals surface area contributed by atoms with E-state index in [-0.39, 0.29) is 18.1 Å². The molecule has 1 amide bonds. The highest BCUT2D eigenvalue weighted by Gasteiger charge is 2.15. The molecule has 0 spiro atoms. The van der Waals surface area contributed by atoms with Gasteiger partial charge >= 0.3 is 0 Å². The van der Waals surface area contributed by atoms with Gasteiger partial charge in [0.25, 0.3) is 5.89 Å². The van der Waals surface area contributed by atoms with Gasteiger partial charge in [0.05, 0.1) is 5.69 Å². The summed E-state index contributed by atoms with van der Waals surface area (Å²) in [6.07, 6.45) is 0.547. The maximum Gasteiger partial charge on any atom is 0.265 e. The fourth-order valence-electron chi connectivity index (χ4n) is 2.65. The molecule has 0 saturated heterocycles. The molecule has 3 rings (SSSR count). The summed E-state index contributed by atoms with van der Waals surface area (Å²) in [5.41, 5.74) is 2.89. The van der Waals surface area contributed by atoms with Crippen LogP contribution in [0.5, 0.6) is 0 Å². The molecule has 0 radical (unpaired) electrons. The zero-order valence-electron chi connectivity index (χ0n) is 15.5. The third kappa shape index (κ3) is 4.46. The maximum absolute atomic E-state index is 12.1. The average molecular weight is 367 g/mol. The fourth-order valence-corrected chi connectivity index (χ4v) is 2.65. The van der Waals surface area contributed by atoms with Gasteiger partial charge < -0.3 is 9.73 Å². The largest absolute Gasteiger partial charge is 0.419 e. The van der Waals surface area contributed by atoms with Crippen LogP contribution in [0.15, 0.2) is 34.7 Å². The third-order valence-corrected chi connectivity index (χ3v) is 4.03. The second-order valence-corrected chi connectivity index (χ2v) is 6.17. The number of hydrogen-bond donors (Lipinski definition) is 1. The molecular formula is C19H21N5O3. The number of rotatable bonds is 7. The third-order valence-electron chi connectivity index (χ3n) is 4.03. The van der Waals surface area contributed by atoms with Gasteiger partial charge in [0, 0.05) is 30.6 Å². The lowest BCUT2D eigenvalue weighted by Crippen LogP contribution is -2.12. The van der Waals surface area contributed by atoms with Crippen LogP contribution < -0.4 is 5.32 Å². The molecule has 2 aromatic heterocycles. The van der Waals surface area contributed by atoms with Crippen molar-refractivity contribution in [2.24, 2.45) is 0 Å². The Morgan fingerprint density at radius 2 is 1.93 bits per heavy atom. The number of Topliss-reactive ketones (excluding diaryl/α,β-unsaturated/α-hetero) is 1. The van der Waals surface area contributed by atoms with Crippen LogP contribution in [0.3, 0.4) is 0 Å². The highest BCUT2D eigenvalue weighted by molar-refractivity contribution is 5.95. The molecule has 0 unspecified atom stereocenters. The minimum Gasteiger partial charge on any atom is -0.419 e. The number of carbonyl (C=O) groups excluding carboxylic acids is 2. The first kappa shape index (κ1) is 18.5. The number of aryl methyl sites for hydroxylation is 3. The summed E-state index contributed by atoms with van der Waals surface area (Å²) in [5, 5.41) is 15.2. The van der Waals surface area contributed by atoms with Gasteiger partial charge in [-0.25, -0.2) is 0 Å². The van der Waals surface area contributed by atoms with E-state index in [9.17, 15) is 9.59 Å². The normalized spacial score (nSPS) is 10.8. The van der Waals surface area contributed by atoms with Crippen LogP contribution in [0.25, 0.3) is 11.6 Å². The molecule has 0 bridgehead atoms. The number of ketones is 1. The predicted molar refractivity (Wildman–Crippen MR) is 99.3 cm³/mol. The molecule has 8 heteroatoms. The predicted octanol–water partition coefficient (Wildman–Crippen LogP) is 3.04. The summed E-state index contributed by atoms with van der Waals surface area (Å²) in [6, 6.07) is 8.65. The molecule has 140 valence electrons. The molecule has 27 heavy (non-hydrogen) atoms. The van der Waals surface area contributed by atoms with Crippen LogP contribution in [0.1, 0.15) is 42.2 Å². The number of aromatic nitrogens is 4. The van der Waals surface area contributed by atoms with Crippen LogP contribution in [0.2, 0.25) is 0 Å². The number of amides is 1. The summed E-state index contributed by atoms with van der Waals surface area (Å²) in [4.78, 5) is 23.4. The van der Waals surface area contributed by atoms with Gasteiger partial charge in [0.1, 0.15) is 5.69 Å². The molecule has 2 heterocycles. The minimum absolute atomic E-state index is 0.0142. The Hall–Kier alpha value is -3.29. The van der Waals surface area contributed by atoms with Gasteiger partial charge in [-0.3, -0.25) is 14.3 Å². The van der Waals surface area contributed by atoms with Crippen LogP contribution in [-0.4, -0.2) is 31.7 Å². The summed E-state index contributed by atoms with van der Waals surface area (Å²) in [6.45, 7) is 6.09. The number of carbonyl (C=O) groups is 2. The molecule has 8 nitrogen and oxygen atoms in total. The van der Waals surface area contributed by atoms with Crippen LogP contribution in [0.4, 0.5) is 5.69 Å². The minimum atomic E-state index is -0.167. The summed E-state index contributed by atoms with van der Waals surface area (Å²) >= 11 is 0. The molecular weight excluding hydrogens is 346 g/mol. The Balaban J connectivity index is 1.58. The van der Waals surface area contributed by atoms with E-state index in [1.807, 2.05) is 19.9 Å². The van der Waals surface area contributed by atoms with Crippen molar-refractivity contribution in [3.8, 4) is 11.6 Å². The Morgan fingerprint density at radius 3 is 2.59 bits per heavy atom. The van der Waals surface area contributed by atoms with Crippen LogP contribution in [0, 0.1) is 6.92 Å². The summed E-state index contributed by atoms with van der Waals surface area (Å²) < 4.78 is 7.46. The molecule has 0 atom stereocenters. The van der Waals surface area contributed by atoms with Crippen molar-refractivity contribution < 1.29 is 14.0 Å². The summed E-state index contributed by atoms with van der Waals surface area (Å²) in [7, 11) is 0. The lowest BCUT2D eigenvalue weighted by molar-refractivity contribution is -0.116. The summed E-state index contributed by atoms with van der Waals surface area (Å²) in [5.74, 6) is 0.612. The average Bonchev–Trinajstić information content (AvgIpc) is 3.26. The van der Waals surface area contributed by atoms with Gasteiger partial charge in [-0.15, -0.1) is 10.2 Å². The molecule has 0 aliphatic rings. The van der Waals surface area contributed by atoms with E-state index < -0.39 is 0 Å². The van der Waals surface area contributed by atoms with Gasteiger partial charge in [-0.2, -0.15) is 5.10 Å². The van der Waals surface area contributed by atoms with E-state index in [1.165, 1.54) is 6.92 Å². The van der Waals surface area contributed by atoms with E-state index in [4.69, 9.17) is 4.42 Å². The molecule has 0 fully saturated rings. The monoisotopic (exact) mass is 367 g/mol. The molecule has 1 N–H and O–H groups in total. The number of nitrogens with zero attached hydrogens (tertiary/aromatic N) is 4. The fraction of sp³-hybridized carbons (Fsp3) is 0.316. The number of benzene rings is 1. The number of hydrogen-bond acceptors (Lipinski definition) is 6. The smallest absolute Gasteiger partial charge is 0.265 e. The molecule has 0 saturated carbocycles. The zero-order valence-corrected chi connectivity index (χ0v) is 15.5. The first-order valence-corrected chi connectivity index (χ1v) is 8.74. The zero-order chi connectivity index (χ0) is 19.4. The topological polar surface area (TPSA) is 103 Å². The Bertz CT molecular complexity index is 956. The second kappa shape index (κ2) is 7.94. The Labute approximate surface area is 156 Å². The lowest BCUT2D eigenvalue weighted by Gasteiger charge is -2.04. The van der Waals surface area contributed by atoms with Gasteiger partial charge in [-0.05, 0) is 51.1 Å². The van der Waals surface area contributed by atoms with E-state index >= 15 is 0 Å². The van der Waals surface area contributed by atoms with E-state index in [0.29, 0.717) is 36.0 Å². The van der Waals surface area contributed by atoms with Crippen LogP contribution >= 0.6 is 0 Å². The van der Waals surface area contributed by atoms with Crippen molar-refractivity contribution in [2.45, 2.75) is 40.2 Å². The highest BCUT2D eigenvalue weighted by atomic mass is 16.4. The van der Waals surface area contributed by atoms with Gasteiger partial charge in [0.2, 0.25) is 11.8 Å². The lowest BCUT2D eigenvalue weighted by atomic mass is 10.1. The quantitative estimate of drug-likeness (QED) is 0.644. The Kier molecular flexibility index (Phi) is 5.44. The van der Waals surface area contributed by atoms with E-state index in [0.717, 1.165) is 11.4 Å². The first-order valence-electron chi connectivity index (χ1n) is 8.74. The van der Waals surface area contributed by atoms with E-state index in [2.05, 4.69) is 20.6 Å². The van der Waals surface area contributed by atoms with Crippen molar-refractivity contribution in [2.75, 3.05) is 5.32 Å². The second-order valence-electron chi connectivity index (χ2n) is 6.17. The SMILES string of the molecule is CCn1nc(C)cc1-c1nnc(CCC(=O)Nc2ccc(C(C)=O)cc2)o1. The maximum atomic E-state index is 12.1. The van der Waals surface area contributed by atoms with Crippen molar-refractivity contribution in [1.29, 1.82) is 0 Å². The van der Waals surface area contributed by atoms with Crippen molar-refractivity contribution >= 4 is 17.4 Å². The molecule has 0 aliphatic heterocycles. The Morgan fingerprint density at radius 1 is 1.19 bits per heavy atom. The van der Waals surface area contributed by atoms with Gasteiger partial charge in [0.15, 0.2) is 5.78 Å². The van der Waals surface area contributed by atoms with Crippen LogP contribution in [-0.2, 0) is 17.8 Å². The number of anilines is 1. The first-order chi connectivity index (χ1) is 13.0. The highest BCUT2D eigenvalue weighted by Crippen LogP contribution is 2.20. The molecule has 3 aromatic rings. The molecule has 1 aromatic carbocycles. The standard InChI is InChI=1S/C19H21N5O3/c1-4-24-16(11-12(2)23-24)19-22-21-18(27-19)10-9-17(26)20-15-7-5-14(6-8-15)13(3)25/h5-8,11H,4,9-10H2,1-3H3,(H,20,26). The van der Waals surface area contributed by atoms with Crippen molar-refractivity contribution in [3.63, 3.8) is 0 Å². The molecule has 0 aliphatic carbocycles. The number of nitrogens with one attached hydrogen (secondary N) is 1.